The van der Waals surface area contributed by atoms with Gasteiger partial charge in [0, 0.05) is 30.4 Å². The lowest BCUT2D eigenvalue weighted by Gasteiger charge is -2.34. The highest BCUT2D eigenvalue weighted by Crippen LogP contribution is 2.42. The summed E-state index contributed by atoms with van der Waals surface area (Å²) < 4.78 is 5.85. The average molecular weight is 259 g/mol. The molecule has 2 heterocycles. The molecule has 0 saturated carbocycles. The molecule has 3 rings (SSSR count). The zero-order valence-corrected chi connectivity index (χ0v) is 11.8. The van der Waals surface area contributed by atoms with E-state index in [9.17, 15) is 0 Å². The number of nitrogens with one attached hydrogen (secondary N) is 2. The van der Waals surface area contributed by atoms with Crippen LogP contribution in [0.25, 0.3) is 0 Å². The van der Waals surface area contributed by atoms with Gasteiger partial charge in [0.1, 0.15) is 17.3 Å². The van der Waals surface area contributed by atoms with Crippen LogP contribution in [0.1, 0.15) is 49.2 Å². The maximum Gasteiger partial charge on any atom is 0.120 e. The molecule has 4 heteroatoms. The molecule has 1 unspecified atom stereocenters. The number of rotatable bonds is 3. The van der Waals surface area contributed by atoms with Crippen molar-refractivity contribution in [1.82, 2.24) is 15.3 Å². The molecule has 102 valence electrons. The van der Waals surface area contributed by atoms with E-state index in [1.807, 2.05) is 13.1 Å². The number of nitrogens with zero attached hydrogens (tertiary/aromatic N) is 1. The molecular formula is C15H21N3O. The van der Waals surface area contributed by atoms with Crippen LogP contribution in [0, 0.1) is 12.3 Å². The molecule has 0 saturated heterocycles. The molecule has 1 aliphatic rings. The maximum atomic E-state index is 5.85. The fourth-order valence-corrected chi connectivity index (χ4v) is 2.98. The first-order chi connectivity index (χ1) is 9.03. The van der Waals surface area contributed by atoms with Crippen LogP contribution in [-0.2, 0) is 13.0 Å². The van der Waals surface area contributed by atoms with Gasteiger partial charge in [-0.25, -0.2) is 4.98 Å². The van der Waals surface area contributed by atoms with Crippen LogP contribution in [0.15, 0.2) is 22.9 Å². The van der Waals surface area contributed by atoms with Crippen molar-refractivity contribution in [3.05, 3.63) is 41.4 Å². The second kappa shape index (κ2) is 4.53. The fourth-order valence-electron chi connectivity index (χ4n) is 2.98. The number of hydrogen-bond acceptors (Lipinski definition) is 3. The summed E-state index contributed by atoms with van der Waals surface area (Å²) in [4.78, 5) is 7.39. The van der Waals surface area contributed by atoms with Crippen LogP contribution in [0.4, 0.5) is 0 Å². The Balaban J connectivity index is 1.80. The van der Waals surface area contributed by atoms with Gasteiger partial charge in [0.2, 0.25) is 0 Å². The third-order valence-corrected chi connectivity index (χ3v) is 3.81. The topological polar surface area (TPSA) is 53.9 Å². The molecule has 19 heavy (non-hydrogen) atoms. The van der Waals surface area contributed by atoms with Crippen molar-refractivity contribution >= 4 is 0 Å². The number of aromatic amines is 1. The van der Waals surface area contributed by atoms with Gasteiger partial charge >= 0.3 is 0 Å². The van der Waals surface area contributed by atoms with Crippen LogP contribution in [0.5, 0.6) is 0 Å². The normalized spacial score (nSPS) is 21.3. The van der Waals surface area contributed by atoms with E-state index in [-0.39, 0.29) is 5.41 Å². The molecule has 1 aliphatic carbocycles. The molecule has 0 radical (unpaired) electrons. The van der Waals surface area contributed by atoms with Crippen molar-refractivity contribution in [3.8, 4) is 0 Å². The van der Waals surface area contributed by atoms with Crippen molar-refractivity contribution < 1.29 is 4.42 Å². The average Bonchev–Trinajstić information content (AvgIpc) is 2.93. The molecule has 0 bridgehead atoms. The second-order valence-electron chi connectivity index (χ2n) is 6.25. The van der Waals surface area contributed by atoms with Gasteiger partial charge in [-0.05, 0) is 24.8 Å². The zero-order valence-electron chi connectivity index (χ0n) is 11.8. The number of H-pyrrole nitrogens is 1. The lowest BCUT2D eigenvalue weighted by atomic mass is 9.75. The highest BCUT2D eigenvalue weighted by molar-refractivity contribution is 5.29. The van der Waals surface area contributed by atoms with Crippen molar-refractivity contribution in [2.24, 2.45) is 5.41 Å². The van der Waals surface area contributed by atoms with E-state index in [1.165, 1.54) is 5.56 Å². The number of hydrogen-bond donors (Lipinski definition) is 2. The monoisotopic (exact) mass is 259 g/mol. The third-order valence-electron chi connectivity index (χ3n) is 3.81. The number of fused-ring (bicyclic) bond motifs is 1. The molecule has 2 N–H and O–H groups in total. The van der Waals surface area contributed by atoms with Crippen molar-refractivity contribution in [3.63, 3.8) is 0 Å². The Kier molecular flexibility index (Phi) is 2.97. The third kappa shape index (κ3) is 2.59. The lowest BCUT2D eigenvalue weighted by molar-refractivity contribution is 0.233. The van der Waals surface area contributed by atoms with E-state index >= 15 is 0 Å². The molecule has 4 nitrogen and oxygen atoms in total. The van der Waals surface area contributed by atoms with Crippen LogP contribution in [0.3, 0.4) is 0 Å². The Morgan fingerprint density at radius 2 is 2.37 bits per heavy atom. The Hall–Kier alpha value is -1.55. The molecule has 0 aliphatic heterocycles. The Morgan fingerprint density at radius 3 is 3.11 bits per heavy atom. The van der Waals surface area contributed by atoms with Gasteiger partial charge in [-0.3, -0.25) is 0 Å². The van der Waals surface area contributed by atoms with Crippen LogP contribution in [-0.4, -0.2) is 9.97 Å². The van der Waals surface area contributed by atoms with Crippen molar-refractivity contribution in [2.75, 3.05) is 0 Å². The lowest BCUT2D eigenvalue weighted by Crippen LogP contribution is -2.32. The van der Waals surface area contributed by atoms with E-state index < -0.39 is 0 Å². The van der Waals surface area contributed by atoms with Gasteiger partial charge in [0.25, 0.3) is 0 Å². The number of imidazole rings is 1. The summed E-state index contributed by atoms with van der Waals surface area (Å²) in [6, 6.07) is 2.52. The van der Waals surface area contributed by atoms with Gasteiger partial charge in [-0.2, -0.15) is 0 Å². The minimum Gasteiger partial charge on any atom is -0.466 e. The minimum atomic E-state index is 0.276. The molecule has 0 aromatic carbocycles. The van der Waals surface area contributed by atoms with Crippen molar-refractivity contribution in [2.45, 2.75) is 46.2 Å². The molecular weight excluding hydrogens is 238 g/mol. The quantitative estimate of drug-likeness (QED) is 0.890. The summed E-state index contributed by atoms with van der Waals surface area (Å²) in [7, 11) is 0. The van der Waals surface area contributed by atoms with Gasteiger partial charge < -0.3 is 14.7 Å². The fraction of sp³-hybridized carbons (Fsp3) is 0.533. The summed E-state index contributed by atoms with van der Waals surface area (Å²) in [6.07, 6.45) is 5.79. The van der Waals surface area contributed by atoms with E-state index in [2.05, 4.69) is 35.2 Å². The predicted molar refractivity (Wildman–Crippen MR) is 73.7 cm³/mol. The first-order valence-electron chi connectivity index (χ1n) is 6.84. The van der Waals surface area contributed by atoms with Crippen LogP contribution >= 0.6 is 0 Å². The summed E-state index contributed by atoms with van der Waals surface area (Å²) in [6.45, 7) is 7.39. The van der Waals surface area contributed by atoms with Crippen LogP contribution in [0.2, 0.25) is 0 Å². The number of aryl methyl sites for hydroxylation is 1. The van der Waals surface area contributed by atoms with E-state index in [0.29, 0.717) is 6.04 Å². The van der Waals surface area contributed by atoms with Gasteiger partial charge in [0.05, 0.1) is 6.54 Å². The maximum absolute atomic E-state index is 5.85. The highest BCUT2D eigenvalue weighted by Gasteiger charge is 2.34. The molecule has 2 aromatic heterocycles. The zero-order chi connectivity index (χ0) is 13.5. The number of furan rings is 1. The standard InChI is InChI=1S/C15H21N3O/c1-10-6-11-12(18-9-14-16-4-5-17-14)7-15(2,3)8-13(11)19-10/h4-6,12,18H,7-9H2,1-3H3,(H,16,17). The van der Waals surface area contributed by atoms with Gasteiger partial charge in [-0.1, -0.05) is 13.8 Å². The molecule has 2 aromatic rings. The van der Waals surface area contributed by atoms with Crippen LogP contribution < -0.4 is 5.32 Å². The summed E-state index contributed by atoms with van der Waals surface area (Å²) in [5, 5.41) is 3.60. The first kappa shape index (κ1) is 12.5. The molecule has 0 fully saturated rings. The van der Waals surface area contributed by atoms with E-state index in [1.54, 1.807) is 6.20 Å². The Morgan fingerprint density at radius 1 is 1.53 bits per heavy atom. The SMILES string of the molecule is Cc1cc2c(o1)CC(C)(C)CC2NCc1ncc[nH]1. The van der Waals surface area contributed by atoms with Crippen molar-refractivity contribution in [1.29, 1.82) is 0 Å². The predicted octanol–water partition coefficient (Wildman–Crippen LogP) is 3.11. The molecule has 0 amide bonds. The highest BCUT2D eigenvalue weighted by atomic mass is 16.3. The molecule has 1 atom stereocenters. The summed E-state index contributed by atoms with van der Waals surface area (Å²) in [5.74, 6) is 3.13. The van der Waals surface area contributed by atoms with Gasteiger partial charge in [0.15, 0.2) is 0 Å². The van der Waals surface area contributed by atoms with Gasteiger partial charge in [-0.15, -0.1) is 0 Å². The largest absolute Gasteiger partial charge is 0.466 e. The van der Waals surface area contributed by atoms with E-state index in [0.717, 1.165) is 36.7 Å². The minimum absolute atomic E-state index is 0.276. The Labute approximate surface area is 113 Å². The molecule has 0 spiro atoms. The summed E-state index contributed by atoms with van der Waals surface area (Å²) >= 11 is 0. The summed E-state index contributed by atoms with van der Waals surface area (Å²) in [5.41, 5.74) is 1.60. The first-order valence-corrected chi connectivity index (χ1v) is 6.84. The smallest absolute Gasteiger partial charge is 0.120 e. The Bertz CT molecular complexity index is 554. The van der Waals surface area contributed by atoms with E-state index in [4.69, 9.17) is 4.42 Å². The number of aromatic nitrogens is 2. The second-order valence-corrected chi connectivity index (χ2v) is 6.25.